The fourth-order valence-corrected chi connectivity index (χ4v) is 2.26. The van der Waals surface area contributed by atoms with Gasteiger partial charge in [-0.05, 0) is 25.5 Å². The van der Waals surface area contributed by atoms with Gasteiger partial charge in [-0.1, -0.05) is 13.0 Å². The van der Waals surface area contributed by atoms with Crippen molar-refractivity contribution in [3.05, 3.63) is 35.2 Å². The summed E-state index contributed by atoms with van der Waals surface area (Å²) in [5.41, 5.74) is 1.84. The molecule has 0 radical (unpaired) electrons. The third kappa shape index (κ3) is 4.73. The molecule has 0 saturated carbocycles. The highest BCUT2D eigenvalue weighted by Crippen LogP contribution is 2.32. The summed E-state index contributed by atoms with van der Waals surface area (Å²) >= 11 is 0. The highest BCUT2D eigenvalue weighted by Gasteiger charge is 2.29. The molecule has 0 unspecified atom stereocenters. The second-order valence-electron chi connectivity index (χ2n) is 5.93. The molecule has 4 N–H and O–H groups in total. The molecule has 25 heavy (non-hydrogen) atoms. The summed E-state index contributed by atoms with van der Waals surface area (Å²) < 4.78 is 0. The van der Waals surface area contributed by atoms with Crippen LogP contribution in [0.5, 0.6) is 5.75 Å². The number of carbonyl (C=O) groups excluding carboxylic acids is 2. The number of benzene rings is 1. The van der Waals surface area contributed by atoms with Crippen molar-refractivity contribution in [3.8, 4) is 5.75 Å². The van der Waals surface area contributed by atoms with Crippen molar-refractivity contribution in [1.82, 2.24) is 10.2 Å². The van der Waals surface area contributed by atoms with Crippen LogP contribution in [-0.2, 0) is 4.79 Å². The SMILES string of the molecule is CC[C@@H](C)NC1=C(Nc2cccc(C(=O)N(C)C)c2O)C(=O)C1.CO. The van der Waals surface area contributed by atoms with Crippen LogP contribution in [-0.4, -0.2) is 54.1 Å². The second kappa shape index (κ2) is 9.08. The lowest BCUT2D eigenvalue weighted by molar-refractivity contribution is -0.116. The van der Waals surface area contributed by atoms with E-state index in [2.05, 4.69) is 17.6 Å². The molecule has 1 aliphatic carbocycles. The van der Waals surface area contributed by atoms with Gasteiger partial charge in [0, 0.05) is 32.9 Å². The van der Waals surface area contributed by atoms with Crippen LogP contribution in [0, 0.1) is 0 Å². The van der Waals surface area contributed by atoms with Gasteiger partial charge in [0.2, 0.25) is 0 Å². The number of aromatic hydroxyl groups is 1. The monoisotopic (exact) mass is 349 g/mol. The average Bonchev–Trinajstić information content (AvgIpc) is 2.61. The van der Waals surface area contributed by atoms with Gasteiger partial charge < -0.3 is 25.7 Å². The molecule has 0 fully saturated rings. The number of aliphatic hydroxyl groups is 1. The Morgan fingerprint density at radius 1 is 1.32 bits per heavy atom. The van der Waals surface area contributed by atoms with Crippen molar-refractivity contribution in [2.45, 2.75) is 32.7 Å². The van der Waals surface area contributed by atoms with Crippen LogP contribution >= 0.6 is 0 Å². The van der Waals surface area contributed by atoms with Crippen LogP contribution in [0.15, 0.2) is 29.6 Å². The Balaban J connectivity index is 0.00000151. The van der Waals surface area contributed by atoms with E-state index in [1.165, 1.54) is 4.90 Å². The first-order chi connectivity index (χ1) is 11.8. The molecule has 7 nitrogen and oxygen atoms in total. The first-order valence-corrected chi connectivity index (χ1v) is 8.13. The molecular formula is C18H27N3O4. The average molecular weight is 349 g/mol. The number of hydrogen-bond acceptors (Lipinski definition) is 6. The highest BCUT2D eigenvalue weighted by atomic mass is 16.3. The molecule has 1 aromatic carbocycles. The van der Waals surface area contributed by atoms with Gasteiger partial charge in [-0.2, -0.15) is 0 Å². The zero-order valence-corrected chi connectivity index (χ0v) is 15.4. The number of allylic oxidation sites excluding steroid dienone is 2. The number of amides is 1. The molecule has 0 saturated heterocycles. The smallest absolute Gasteiger partial charge is 0.257 e. The molecule has 0 aromatic heterocycles. The number of para-hydroxylation sites is 1. The van der Waals surface area contributed by atoms with E-state index in [4.69, 9.17) is 5.11 Å². The van der Waals surface area contributed by atoms with E-state index < -0.39 is 0 Å². The quantitative estimate of drug-likeness (QED) is 0.583. The number of rotatable bonds is 6. The zero-order chi connectivity index (χ0) is 19.1. The lowest BCUT2D eigenvalue weighted by Gasteiger charge is -2.27. The normalized spacial score (nSPS) is 14.1. The Bertz CT molecular complexity index is 668. The summed E-state index contributed by atoms with van der Waals surface area (Å²) in [6.07, 6.45) is 1.31. The van der Waals surface area contributed by atoms with E-state index in [-0.39, 0.29) is 29.0 Å². The van der Waals surface area contributed by atoms with Gasteiger partial charge in [0.15, 0.2) is 11.5 Å². The van der Waals surface area contributed by atoms with Gasteiger partial charge in [-0.15, -0.1) is 0 Å². The van der Waals surface area contributed by atoms with Crippen LogP contribution in [0.25, 0.3) is 0 Å². The minimum atomic E-state index is -0.294. The van der Waals surface area contributed by atoms with Gasteiger partial charge in [0.05, 0.1) is 17.7 Å². The molecule has 0 bridgehead atoms. The van der Waals surface area contributed by atoms with E-state index in [1.807, 2.05) is 6.92 Å². The molecule has 2 rings (SSSR count). The predicted octanol–water partition coefficient (Wildman–Crippen LogP) is 1.69. The van der Waals surface area contributed by atoms with Crippen LogP contribution in [0.4, 0.5) is 5.69 Å². The van der Waals surface area contributed by atoms with Crippen molar-refractivity contribution >= 4 is 17.4 Å². The first-order valence-electron chi connectivity index (χ1n) is 8.13. The summed E-state index contributed by atoms with van der Waals surface area (Å²) in [6, 6.07) is 5.13. The maximum Gasteiger partial charge on any atom is 0.257 e. The highest BCUT2D eigenvalue weighted by molar-refractivity contribution is 6.07. The van der Waals surface area contributed by atoms with E-state index in [1.54, 1.807) is 32.3 Å². The summed E-state index contributed by atoms with van der Waals surface area (Å²) in [5, 5.41) is 23.6. The molecule has 1 aliphatic rings. The number of phenolic OH excluding ortho intramolecular Hbond substituents is 1. The van der Waals surface area contributed by atoms with Gasteiger partial charge in [0.25, 0.3) is 5.91 Å². The van der Waals surface area contributed by atoms with Gasteiger partial charge in [-0.3, -0.25) is 9.59 Å². The maximum absolute atomic E-state index is 12.0. The van der Waals surface area contributed by atoms with Crippen LogP contribution in [0.2, 0.25) is 0 Å². The molecule has 0 heterocycles. The molecular weight excluding hydrogens is 322 g/mol. The molecule has 138 valence electrons. The van der Waals surface area contributed by atoms with Crippen molar-refractivity contribution in [2.75, 3.05) is 26.5 Å². The minimum Gasteiger partial charge on any atom is -0.505 e. The third-order valence-electron chi connectivity index (χ3n) is 3.88. The lowest BCUT2D eigenvalue weighted by atomic mass is 9.97. The summed E-state index contributed by atoms with van der Waals surface area (Å²) in [5.74, 6) is -0.459. The van der Waals surface area contributed by atoms with Gasteiger partial charge in [-0.25, -0.2) is 0 Å². The second-order valence-corrected chi connectivity index (χ2v) is 5.93. The number of nitrogens with zero attached hydrogens (tertiary/aromatic N) is 1. The Morgan fingerprint density at radius 3 is 2.48 bits per heavy atom. The first kappa shape index (κ1) is 20.5. The number of anilines is 1. The van der Waals surface area contributed by atoms with Crippen molar-refractivity contribution in [3.63, 3.8) is 0 Å². The third-order valence-corrected chi connectivity index (χ3v) is 3.88. The number of aliphatic hydroxyl groups excluding tert-OH is 1. The maximum atomic E-state index is 12.0. The Kier molecular flexibility index (Phi) is 7.44. The number of carbonyl (C=O) groups is 2. The minimum absolute atomic E-state index is 0.0143. The largest absolute Gasteiger partial charge is 0.505 e. The van der Waals surface area contributed by atoms with Crippen molar-refractivity contribution in [1.29, 1.82) is 0 Å². The van der Waals surface area contributed by atoms with E-state index in [0.717, 1.165) is 19.2 Å². The number of Topliss-reactive ketones (excluding diaryl/α,β-unsaturated/α-hetero) is 1. The molecule has 1 aromatic rings. The Morgan fingerprint density at radius 2 is 1.96 bits per heavy atom. The topological polar surface area (TPSA) is 102 Å². The Hall–Kier alpha value is -2.54. The number of nitrogens with one attached hydrogen (secondary N) is 2. The van der Waals surface area contributed by atoms with Crippen LogP contribution in [0.3, 0.4) is 0 Å². The van der Waals surface area contributed by atoms with E-state index >= 15 is 0 Å². The number of hydrogen-bond donors (Lipinski definition) is 4. The molecule has 7 heteroatoms. The molecule has 0 aliphatic heterocycles. The van der Waals surface area contributed by atoms with E-state index in [9.17, 15) is 14.7 Å². The lowest BCUT2D eigenvalue weighted by Crippen LogP contribution is -2.36. The summed E-state index contributed by atoms with van der Waals surface area (Å²) in [6.45, 7) is 4.11. The van der Waals surface area contributed by atoms with Crippen LogP contribution < -0.4 is 10.6 Å². The van der Waals surface area contributed by atoms with E-state index in [0.29, 0.717) is 17.8 Å². The standard InChI is InChI=1S/C17H23N3O3.CH4O/c1-5-10(2)18-13-9-14(21)15(13)19-12-8-6-7-11(16(12)22)17(23)20(3)4;1-2/h6-8,10,18-19,22H,5,9H2,1-4H3;2H,1H3/t10-;/m1./s1. The number of phenols is 1. The Labute approximate surface area is 148 Å². The predicted molar refractivity (Wildman–Crippen MR) is 97.4 cm³/mol. The number of ketones is 1. The molecule has 1 amide bonds. The van der Waals surface area contributed by atoms with Gasteiger partial charge >= 0.3 is 0 Å². The van der Waals surface area contributed by atoms with Crippen molar-refractivity contribution in [2.24, 2.45) is 0 Å². The zero-order valence-electron chi connectivity index (χ0n) is 15.4. The van der Waals surface area contributed by atoms with Crippen LogP contribution in [0.1, 0.15) is 37.0 Å². The van der Waals surface area contributed by atoms with Gasteiger partial charge in [0.1, 0.15) is 5.70 Å². The molecule has 1 atom stereocenters. The molecule has 0 spiro atoms. The fourth-order valence-electron chi connectivity index (χ4n) is 2.26. The summed E-state index contributed by atoms with van der Waals surface area (Å²) in [7, 11) is 4.24. The van der Waals surface area contributed by atoms with Crippen molar-refractivity contribution < 1.29 is 19.8 Å². The summed E-state index contributed by atoms with van der Waals surface area (Å²) in [4.78, 5) is 25.3. The fraction of sp³-hybridized carbons (Fsp3) is 0.444.